The molecule has 1 aromatic rings. The van der Waals surface area contributed by atoms with Crippen LogP contribution in [0.1, 0.15) is 12.6 Å². The van der Waals surface area contributed by atoms with Gasteiger partial charge in [-0.3, -0.25) is 0 Å². The van der Waals surface area contributed by atoms with E-state index >= 15 is 0 Å². The summed E-state index contributed by atoms with van der Waals surface area (Å²) in [5.41, 5.74) is -0.269. The van der Waals surface area contributed by atoms with E-state index < -0.39 is 9.74 Å². The van der Waals surface area contributed by atoms with Crippen LogP contribution in [0.3, 0.4) is 0 Å². The van der Waals surface area contributed by atoms with Crippen LogP contribution in [-0.4, -0.2) is 15.0 Å². The Balaban J connectivity index is 3.11. The number of nitrogens with zero attached hydrogens (tertiary/aromatic N) is 3. The third-order valence-electron chi connectivity index (χ3n) is 1.24. The number of aryl methyl sites for hydroxylation is 1. The minimum Gasteiger partial charge on any atom is -0.219 e. The van der Waals surface area contributed by atoms with Crippen LogP contribution in [0, 0.1) is 5.95 Å². The van der Waals surface area contributed by atoms with E-state index in [1.165, 1.54) is 0 Å². The summed E-state index contributed by atoms with van der Waals surface area (Å²) in [6.07, 6.45) is 0. The van der Waals surface area contributed by atoms with Gasteiger partial charge in [0.2, 0.25) is 9.74 Å². The summed E-state index contributed by atoms with van der Waals surface area (Å²) in [6, 6.07) is 0. The first-order valence-corrected chi connectivity index (χ1v) is 4.26. The van der Waals surface area contributed by atoms with Crippen LogP contribution in [0.2, 0.25) is 0 Å². The van der Waals surface area contributed by atoms with Crippen LogP contribution in [0.5, 0.6) is 0 Å². The molecule has 1 rings (SSSR count). The number of hydrogen-bond donors (Lipinski definition) is 0. The number of halogens is 4. The van der Waals surface area contributed by atoms with Crippen molar-refractivity contribution in [1.29, 1.82) is 0 Å². The summed E-state index contributed by atoms with van der Waals surface area (Å²) in [7, 11) is 0. The smallest absolute Gasteiger partial charge is 0.219 e. The molecule has 0 spiro atoms. The van der Waals surface area contributed by atoms with Crippen molar-refractivity contribution >= 4 is 34.8 Å². The first-order chi connectivity index (χ1) is 5.46. The van der Waals surface area contributed by atoms with E-state index in [0.717, 1.165) is 4.68 Å². The lowest BCUT2D eigenvalue weighted by Crippen LogP contribution is -2.06. The Labute approximate surface area is 83.4 Å². The summed E-state index contributed by atoms with van der Waals surface area (Å²) < 4.78 is 12.3. The third kappa shape index (κ3) is 1.81. The Morgan fingerprint density at radius 2 is 2.08 bits per heavy atom. The highest BCUT2D eigenvalue weighted by Gasteiger charge is 2.31. The molecule has 0 atom stereocenters. The van der Waals surface area contributed by atoms with Gasteiger partial charge in [-0.25, -0.2) is 4.68 Å². The van der Waals surface area contributed by atoms with E-state index in [1.807, 2.05) is 0 Å². The SMILES string of the molecule is CCn1nnc(C(Cl)(Cl)Cl)c1F. The molecule has 1 heterocycles. The summed E-state index contributed by atoms with van der Waals surface area (Å²) in [5.74, 6) is -0.711. The maximum Gasteiger partial charge on any atom is 0.239 e. The van der Waals surface area contributed by atoms with Crippen LogP contribution in [-0.2, 0) is 10.3 Å². The van der Waals surface area contributed by atoms with Crippen molar-refractivity contribution in [3.63, 3.8) is 0 Å². The second-order valence-electron chi connectivity index (χ2n) is 2.04. The predicted molar refractivity (Wildman–Crippen MR) is 44.9 cm³/mol. The average molecular weight is 232 g/mol. The minimum atomic E-state index is -1.85. The predicted octanol–water partition coefficient (Wildman–Crippen LogP) is 2.26. The lowest BCUT2D eigenvalue weighted by Gasteiger charge is -2.05. The summed E-state index contributed by atoms with van der Waals surface area (Å²) in [5, 5.41) is 6.84. The topological polar surface area (TPSA) is 30.7 Å². The second kappa shape index (κ2) is 3.36. The van der Waals surface area contributed by atoms with Gasteiger partial charge in [-0.2, -0.15) is 4.39 Å². The molecule has 0 saturated carbocycles. The molecule has 0 N–H and O–H groups in total. The molecule has 0 saturated heterocycles. The highest BCUT2D eigenvalue weighted by atomic mass is 35.6. The Bertz CT molecular complexity index is 280. The third-order valence-corrected chi connectivity index (χ3v) is 1.78. The fourth-order valence-electron chi connectivity index (χ4n) is 0.677. The lowest BCUT2D eigenvalue weighted by molar-refractivity contribution is 0.462. The Kier molecular flexibility index (Phi) is 2.81. The monoisotopic (exact) mass is 231 g/mol. The number of rotatable bonds is 1. The molecule has 68 valence electrons. The highest BCUT2D eigenvalue weighted by molar-refractivity contribution is 6.66. The average Bonchev–Trinajstić information content (AvgIpc) is 2.29. The van der Waals surface area contributed by atoms with Crippen LogP contribution in [0.25, 0.3) is 0 Å². The first kappa shape index (κ1) is 10.0. The fourth-order valence-corrected chi connectivity index (χ4v) is 1.02. The van der Waals surface area contributed by atoms with Crippen molar-refractivity contribution in [2.75, 3.05) is 0 Å². The molecule has 0 radical (unpaired) electrons. The van der Waals surface area contributed by atoms with E-state index in [0.29, 0.717) is 6.54 Å². The minimum absolute atomic E-state index is 0.269. The molecule has 0 aliphatic carbocycles. The molecule has 7 heteroatoms. The highest BCUT2D eigenvalue weighted by Crippen LogP contribution is 2.37. The van der Waals surface area contributed by atoms with Crippen molar-refractivity contribution in [2.45, 2.75) is 17.3 Å². The van der Waals surface area contributed by atoms with Crippen LogP contribution in [0.4, 0.5) is 4.39 Å². The maximum absolute atomic E-state index is 13.1. The summed E-state index contributed by atoms with van der Waals surface area (Å²) >= 11 is 16.2. The molecule has 0 unspecified atom stereocenters. The normalized spacial score (nSPS) is 12.1. The molecule has 1 aromatic heterocycles. The Morgan fingerprint density at radius 3 is 2.33 bits per heavy atom. The lowest BCUT2D eigenvalue weighted by atomic mass is 10.5. The molecular weight excluding hydrogens is 227 g/mol. The van der Waals surface area contributed by atoms with Gasteiger partial charge in [0.25, 0.3) is 0 Å². The van der Waals surface area contributed by atoms with Gasteiger partial charge in [0, 0.05) is 6.54 Å². The van der Waals surface area contributed by atoms with Crippen LogP contribution in [0.15, 0.2) is 0 Å². The number of aromatic nitrogens is 3. The van der Waals surface area contributed by atoms with E-state index in [1.54, 1.807) is 6.92 Å². The fraction of sp³-hybridized carbons (Fsp3) is 0.600. The van der Waals surface area contributed by atoms with Crippen LogP contribution >= 0.6 is 34.8 Å². The molecule has 12 heavy (non-hydrogen) atoms. The van der Waals surface area contributed by atoms with Crippen molar-refractivity contribution in [3.05, 3.63) is 11.6 Å². The van der Waals surface area contributed by atoms with Gasteiger partial charge < -0.3 is 0 Å². The Morgan fingerprint density at radius 1 is 1.50 bits per heavy atom. The van der Waals surface area contributed by atoms with Gasteiger partial charge in [0.05, 0.1) is 0 Å². The number of hydrogen-bond acceptors (Lipinski definition) is 2. The molecular formula is C5H5Cl3FN3. The standard InChI is InChI=1S/C5H5Cl3FN3/c1-2-12-4(9)3(10-11-12)5(6,7)8/h2H2,1H3. The molecule has 0 aliphatic rings. The van der Waals surface area contributed by atoms with E-state index in [4.69, 9.17) is 34.8 Å². The van der Waals surface area contributed by atoms with Crippen LogP contribution < -0.4 is 0 Å². The summed E-state index contributed by atoms with van der Waals surface area (Å²) in [6.45, 7) is 2.06. The molecule has 0 aromatic carbocycles. The maximum atomic E-state index is 13.1. The van der Waals surface area contributed by atoms with Gasteiger partial charge in [0.15, 0.2) is 5.69 Å². The second-order valence-corrected chi connectivity index (χ2v) is 4.32. The van der Waals surface area contributed by atoms with Gasteiger partial charge in [0.1, 0.15) is 0 Å². The van der Waals surface area contributed by atoms with Crippen molar-refractivity contribution < 1.29 is 4.39 Å². The number of alkyl halides is 3. The quantitative estimate of drug-likeness (QED) is 0.696. The van der Waals surface area contributed by atoms with Gasteiger partial charge in [-0.1, -0.05) is 40.0 Å². The van der Waals surface area contributed by atoms with Gasteiger partial charge in [-0.15, -0.1) is 5.10 Å². The molecule has 0 fully saturated rings. The van der Waals surface area contributed by atoms with Gasteiger partial charge >= 0.3 is 0 Å². The molecule has 3 nitrogen and oxygen atoms in total. The van der Waals surface area contributed by atoms with E-state index in [2.05, 4.69) is 10.3 Å². The summed E-state index contributed by atoms with van der Waals surface area (Å²) in [4.78, 5) is 0. The van der Waals surface area contributed by atoms with Gasteiger partial charge in [-0.05, 0) is 6.92 Å². The Hall–Kier alpha value is -0.0600. The molecule has 0 bridgehead atoms. The first-order valence-electron chi connectivity index (χ1n) is 3.13. The largest absolute Gasteiger partial charge is 0.239 e. The molecule has 0 amide bonds. The van der Waals surface area contributed by atoms with E-state index in [9.17, 15) is 4.39 Å². The molecule has 0 aliphatic heterocycles. The van der Waals surface area contributed by atoms with E-state index in [-0.39, 0.29) is 5.69 Å². The zero-order chi connectivity index (χ0) is 9.35. The zero-order valence-corrected chi connectivity index (χ0v) is 8.33. The van der Waals surface area contributed by atoms with Crippen molar-refractivity contribution in [1.82, 2.24) is 15.0 Å². The van der Waals surface area contributed by atoms with Crippen molar-refractivity contribution in [3.8, 4) is 0 Å². The van der Waals surface area contributed by atoms with Crippen molar-refractivity contribution in [2.24, 2.45) is 0 Å². The zero-order valence-electron chi connectivity index (χ0n) is 6.06.